The third-order valence-electron chi connectivity index (χ3n) is 10.0. The molecule has 0 aromatic heterocycles. The molecule has 2 aromatic rings. The van der Waals surface area contributed by atoms with Gasteiger partial charge in [0.2, 0.25) is 10.0 Å². The van der Waals surface area contributed by atoms with Crippen LogP contribution in [-0.4, -0.2) is 81.0 Å². The number of piperazine rings is 1. The number of amides is 2. The lowest BCUT2D eigenvalue weighted by Crippen LogP contribution is -2.63. The molecule has 2 N–H and O–H groups in total. The summed E-state index contributed by atoms with van der Waals surface area (Å²) in [6.45, 7) is 3.63. The van der Waals surface area contributed by atoms with Crippen LogP contribution < -0.4 is 20.0 Å². The van der Waals surface area contributed by atoms with E-state index >= 15 is 0 Å². The first-order chi connectivity index (χ1) is 19.2. The Morgan fingerprint density at radius 2 is 1.48 bits per heavy atom. The van der Waals surface area contributed by atoms with Gasteiger partial charge in [0.25, 0.3) is 0 Å². The zero-order valence-electron chi connectivity index (χ0n) is 23.1. The summed E-state index contributed by atoms with van der Waals surface area (Å²) in [7, 11) is -3.15. The van der Waals surface area contributed by atoms with Gasteiger partial charge in [0.05, 0.1) is 23.2 Å². The third-order valence-corrected chi connectivity index (χ3v) is 11.3. The molecule has 8 rings (SSSR count). The van der Waals surface area contributed by atoms with Crippen LogP contribution in [0.15, 0.2) is 48.5 Å². The second kappa shape index (κ2) is 9.63. The first-order valence-corrected chi connectivity index (χ1v) is 16.5. The second-order valence-corrected chi connectivity index (χ2v) is 14.6. The molecule has 4 saturated carbocycles. The van der Waals surface area contributed by atoms with Gasteiger partial charge >= 0.3 is 6.03 Å². The van der Waals surface area contributed by atoms with Gasteiger partial charge in [-0.25, -0.2) is 13.2 Å². The summed E-state index contributed by atoms with van der Waals surface area (Å²) in [5.74, 6) is 1.37. The number of hydrogen-bond donors (Lipinski definition) is 2. The van der Waals surface area contributed by atoms with Crippen molar-refractivity contribution in [2.45, 2.75) is 43.7 Å². The van der Waals surface area contributed by atoms with Crippen LogP contribution >= 0.6 is 0 Å². The number of urea groups is 1. The highest BCUT2D eigenvalue weighted by Crippen LogP contribution is 2.55. The number of aliphatic hydroxyl groups is 1. The summed E-state index contributed by atoms with van der Waals surface area (Å²) in [4.78, 5) is 20.1. The Kier molecular flexibility index (Phi) is 6.29. The third kappa shape index (κ3) is 4.63. The van der Waals surface area contributed by atoms with Crippen molar-refractivity contribution in [3.8, 4) is 0 Å². The normalized spacial score (nSPS) is 31.8. The fourth-order valence-corrected chi connectivity index (χ4v) is 9.23. The first-order valence-electron chi connectivity index (χ1n) is 14.6. The van der Waals surface area contributed by atoms with Crippen LogP contribution in [0.4, 0.5) is 27.5 Å². The van der Waals surface area contributed by atoms with Crippen molar-refractivity contribution >= 4 is 38.8 Å². The van der Waals surface area contributed by atoms with Gasteiger partial charge in [-0.2, -0.15) is 4.31 Å². The smallest absolute Gasteiger partial charge is 0.322 e. The Bertz CT molecular complexity index is 1380. The van der Waals surface area contributed by atoms with E-state index in [9.17, 15) is 18.3 Å². The lowest BCUT2D eigenvalue weighted by atomic mass is 9.52. The van der Waals surface area contributed by atoms with Crippen molar-refractivity contribution in [1.29, 1.82) is 0 Å². The number of sulfonamides is 1. The predicted molar refractivity (Wildman–Crippen MR) is 157 cm³/mol. The topological polar surface area (TPSA) is 96.4 Å². The monoisotopic (exact) mass is 565 g/mol. The molecule has 40 heavy (non-hydrogen) atoms. The van der Waals surface area contributed by atoms with Crippen molar-refractivity contribution in [1.82, 2.24) is 9.62 Å². The Labute approximate surface area is 236 Å². The summed E-state index contributed by atoms with van der Waals surface area (Å²) < 4.78 is 25.2. The molecule has 214 valence electrons. The number of carbonyl (C=O) groups is 1. The summed E-state index contributed by atoms with van der Waals surface area (Å²) >= 11 is 0. The summed E-state index contributed by atoms with van der Waals surface area (Å²) in [5.41, 5.74) is 3.58. The lowest BCUT2D eigenvalue weighted by Gasteiger charge is -2.58. The SMILES string of the molecule is CS(=O)(=O)N1CCN(c2ccc(N3CCN(C(=O)N[C@H]4C5CC6CC4C[C@@](O)(C6)C5)c4ccccc43)cc2)CC1. The average Bonchev–Trinajstić information content (AvgIpc) is 2.93. The van der Waals surface area contributed by atoms with Gasteiger partial charge in [-0.05, 0) is 86.3 Å². The molecule has 2 unspecified atom stereocenters. The zero-order chi connectivity index (χ0) is 27.6. The quantitative estimate of drug-likeness (QED) is 0.590. The highest BCUT2D eigenvalue weighted by Gasteiger charge is 2.55. The molecule has 6 aliphatic rings. The molecule has 2 heterocycles. The molecule has 2 aliphatic heterocycles. The number of hydrogen-bond acceptors (Lipinski definition) is 6. The molecule has 4 bridgehead atoms. The van der Waals surface area contributed by atoms with E-state index in [1.807, 2.05) is 23.1 Å². The molecule has 5 fully saturated rings. The number of anilines is 4. The Balaban J connectivity index is 1.05. The molecule has 2 amide bonds. The van der Waals surface area contributed by atoms with Crippen molar-refractivity contribution in [3.63, 3.8) is 0 Å². The van der Waals surface area contributed by atoms with E-state index in [1.54, 1.807) is 0 Å². The largest absolute Gasteiger partial charge is 0.390 e. The van der Waals surface area contributed by atoms with Crippen LogP contribution in [0.2, 0.25) is 0 Å². The Morgan fingerprint density at radius 1 is 0.850 bits per heavy atom. The Hall–Kier alpha value is -2.82. The highest BCUT2D eigenvalue weighted by atomic mass is 32.2. The van der Waals surface area contributed by atoms with Crippen LogP contribution in [-0.2, 0) is 10.0 Å². The van der Waals surface area contributed by atoms with Gasteiger partial charge in [0, 0.05) is 56.7 Å². The molecular weight excluding hydrogens is 526 g/mol. The van der Waals surface area contributed by atoms with E-state index in [4.69, 9.17) is 0 Å². The summed E-state index contributed by atoms with van der Waals surface area (Å²) in [6, 6.07) is 16.7. The minimum Gasteiger partial charge on any atom is -0.390 e. The van der Waals surface area contributed by atoms with Gasteiger partial charge < -0.3 is 20.2 Å². The number of carbonyl (C=O) groups excluding carboxylic acids is 1. The van der Waals surface area contributed by atoms with Gasteiger partial charge in [0.1, 0.15) is 0 Å². The van der Waals surface area contributed by atoms with Crippen molar-refractivity contribution in [2.24, 2.45) is 17.8 Å². The van der Waals surface area contributed by atoms with Gasteiger partial charge in [0.15, 0.2) is 0 Å². The number of benzene rings is 2. The van der Waals surface area contributed by atoms with Crippen LogP contribution in [0.3, 0.4) is 0 Å². The zero-order valence-corrected chi connectivity index (χ0v) is 23.9. The number of nitrogens with one attached hydrogen (secondary N) is 1. The molecule has 0 spiro atoms. The van der Waals surface area contributed by atoms with Crippen molar-refractivity contribution in [2.75, 3.05) is 60.2 Å². The minimum absolute atomic E-state index is 0.0276. The van der Waals surface area contributed by atoms with E-state index in [0.717, 1.165) is 54.9 Å². The maximum atomic E-state index is 13.7. The standard InChI is InChI=1S/C30H39N5O4S/c1-40(38,39)33-12-10-32(11-13-33)24-6-8-25(9-7-24)34-14-15-35(27-5-3-2-4-26(27)34)29(36)31-28-22-16-21-17-23(28)20-30(37,18-21)19-22/h2-9,21-23,28,37H,10-20H2,1H3,(H,31,36)/t21?,22?,23?,28-,30+. The maximum absolute atomic E-state index is 13.7. The molecule has 9 nitrogen and oxygen atoms in total. The van der Waals surface area contributed by atoms with Crippen LogP contribution in [0.25, 0.3) is 0 Å². The van der Waals surface area contributed by atoms with Crippen molar-refractivity contribution < 1.29 is 18.3 Å². The lowest BCUT2D eigenvalue weighted by molar-refractivity contribution is -0.136. The van der Waals surface area contributed by atoms with E-state index in [-0.39, 0.29) is 12.1 Å². The van der Waals surface area contributed by atoms with Gasteiger partial charge in [-0.1, -0.05) is 12.1 Å². The number of rotatable bonds is 4. The number of fused-ring (bicyclic) bond motifs is 1. The van der Waals surface area contributed by atoms with Crippen LogP contribution in [0.5, 0.6) is 0 Å². The van der Waals surface area contributed by atoms with E-state index < -0.39 is 15.6 Å². The van der Waals surface area contributed by atoms with Crippen LogP contribution in [0.1, 0.15) is 32.1 Å². The highest BCUT2D eigenvalue weighted by molar-refractivity contribution is 7.88. The molecule has 2 atom stereocenters. The van der Waals surface area contributed by atoms with E-state index in [2.05, 4.69) is 45.4 Å². The fraction of sp³-hybridized carbons (Fsp3) is 0.567. The Morgan fingerprint density at radius 3 is 2.10 bits per heavy atom. The van der Waals surface area contributed by atoms with Crippen LogP contribution in [0, 0.1) is 17.8 Å². The number of para-hydroxylation sites is 2. The van der Waals surface area contributed by atoms with Gasteiger partial charge in [-0.3, -0.25) is 4.90 Å². The summed E-state index contributed by atoms with van der Waals surface area (Å²) in [6.07, 6.45) is 6.09. The molecular formula is C30H39N5O4S. The summed E-state index contributed by atoms with van der Waals surface area (Å²) in [5, 5.41) is 14.4. The van der Waals surface area contributed by atoms with Gasteiger partial charge in [-0.15, -0.1) is 0 Å². The van der Waals surface area contributed by atoms with E-state index in [0.29, 0.717) is 57.0 Å². The minimum atomic E-state index is -3.15. The molecule has 10 heteroatoms. The van der Waals surface area contributed by atoms with Crippen molar-refractivity contribution in [3.05, 3.63) is 48.5 Å². The van der Waals surface area contributed by atoms with E-state index in [1.165, 1.54) is 10.6 Å². The maximum Gasteiger partial charge on any atom is 0.322 e. The fourth-order valence-electron chi connectivity index (χ4n) is 8.40. The average molecular weight is 566 g/mol. The molecule has 0 radical (unpaired) electrons. The number of nitrogens with zero attached hydrogens (tertiary/aromatic N) is 4. The molecule has 2 aromatic carbocycles. The predicted octanol–water partition coefficient (Wildman–Crippen LogP) is 3.38. The first kappa shape index (κ1) is 26.1. The molecule has 4 aliphatic carbocycles. The second-order valence-electron chi connectivity index (χ2n) is 12.6. The molecule has 1 saturated heterocycles.